The van der Waals surface area contributed by atoms with Crippen LogP contribution in [0, 0.1) is 0 Å². The lowest BCUT2D eigenvalue weighted by Crippen LogP contribution is -2.31. The summed E-state index contributed by atoms with van der Waals surface area (Å²) in [7, 11) is 0. The molecule has 210 valence electrons. The van der Waals surface area contributed by atoms with Crippen LogP contribution in [0.25, 0.3) is 21.9 Å². The molecule has 7 aromatic rings. The van der Waals surface area contributed by atoms with E-state index in [9.17, 15) is 0 Å². The maximum Gasteiger partial charge on any atom is 0.0540 e. The van der Waals surface area contributed by atoms with E-state index in [-0.39, 0.29) is 5.41 Å². The molecule has 8 rings (SSSR count). The average molecular weight is 564 g/mol. The van der Waals surface area contributed by atoms with Crippen molar-refractivity contribution in [1.29, 1.82) is 0 Å². The van der Waals surface area contributed by atoms with Gasteiger partial charge in [-0.3, -0.25) is 0 Å². The van der Waals surface area contributed by atoms with Crippen molar-refractivity contribution in [1.82, 2.24) is 0 Å². The average Bonchev–Trinajstić information content (AvgIpc) is 3.35. The minimum atomic E-state index is -0.217. The summed E-state index contributed by atoms with van der Waals surface area (Å²) in [5.41, 5.74) is 11.5. The molecule has 1 aliphatic carbocycles. The van der Waals surface area contributed by atoms with Crippen molar-refractivity contribution in [3.05, 3.63) is 198 Å². The van der Waals surface area contributed by atoms with Crippen molar-refractivity contribution in [2.75, 3.05) is 4.90 Å². The van der Waals surface area contributed by atoms with Gasteiger partial charge in [0.2, 0.25) is 0 Å². The molecule has 0 aliphatic heterocycles. The molecule has 0 saturated carbocycles. The number of nitrogens with zero attached hydrogens (tertiary/aromatic N) is 1. The molecule has 0 atom stereocenters. The summed E-state index contributed by atoms with van der Waals surface area (Å²) in [6, 6.07) is 64.3. The predicted molar refractivity (Wildman–Crippen MR) is 185 cm³/mol. The molecule has 0 fully saturated rings. The summed E-state index contributed by atoms with van der Waals surface area (Å²) in [6.45, 7) is 0. The Morgan fingerprint density at radius 2 is 0.977 bits per heavy atom. The second kappa shape index (κ2) is 11.0. The third-order valence-corrected chi connectivity index (χ3v) is 9.23. The summed E-state index contributed by atoms with van der Waals surface area (Å²) in [5, 5.41) is 2.48. The maximum absolute atomic E-state index is 2.48. The third kappa shape index (κ3) is 4.49. The minimum absolute atomic E-state index is 0.217. The highest BCUT2D eigenvalue weighted by molar-refractivity contribution is 5.99. The fourth-order valence-electron chi connectivity index (χ4n) is 7.32. The van der Waals surface area contributed by atoms with Crippen LogP contribution in [0.5, 0.6) is 0 Å². The van der Waals surface area contributed by atoms with Gasteiger partial charge in [-0.25, -0.2) is 0 Å². The molecule has 0 saturated heterocycles. The molecule has 0 spiro atoms. The topological polar surface area (TPSA) is 3.24 Å². The smallest absolute Gasteiger partial charge is 0.0540 e. The molecule has 0 aromatic heterocycles. The Hall–Kier alpha value is -5.40. The first-order valence-electron chi connectivity index (χ1n) is 15.5. The zero-order chi connectivity index (χ0) is 29.3. The fraction of sp³-hybridized carbons (Fsp3) is 0.0698. The second-order valence-corrected chi connectivity index (χ2v) is 11.9. The van der Waals surface area contributed by atoms with Gasteiger partial charge in [0.05, 0.1) is 5.69 Å². The van der Waals surface area contributed by atoms with Gasteiger partial charge < -0.3 is 4.90 Å². The van der Waals surface area contributed by atoms with Crippen LogP contribution in [-0.4, -0.2) is 0 Å². The van der Waals surface area contributed by atoms with Crippen molar-refractivity contribution >= 4 is 27.8 Å². The Morgan fingerprint density at radius 3 is 1.70 bits per heavy atom. The number of anilines is 3. The highest BCUT2D eigenvalue weighted by Crippen LogP contribution is 2.54. The molecule has 1 nitrogen and oxygen atoms in total. The summed E-state index contributed by atoms with van der Waals surface area (Å²) in [5.74, 6) is 0. The van der Waals surface area contributed by atoms with Crippen molar-refractivity contribution in [2.24, 2.45) is 0 Å². The predicted octanol–water partition coefficient (Wildman–Crippen LogP) is 11.1. The standard InChI is InChI=1S/C43H33N/c1-4-15-32(16-5-1)30-43(31-33-17-6-2-7-18-33)40-25-13-12-24-38(40)39-28-27-36(29-41(39)43)44(35-21-8-3-9-22-35)42-26-14-20-34-19-10-11-23-37(34)42/h1-29H,30-31H2. The van der Waals surface area contributed by atoms with E-state index in [1.807, 2.05) is 0 Å². The van der Waals surface area contributed by atoms with E-state index in [1.165, 1.54) is 55.5 Å². The molecule has 7 aromatic carbocycles. The number of benzene rings is 7. The number of fused-ring (bicyclic) bond motifs is 4. The molecule has 0 amide bonds. The van der Waals surface area contributed by atoms with Gasteiger partial charge in [0.15, 0.2) is 0 Å². The van der Waals surface area contributed by atoms with E-state index in [4.69, 9.17) is 0 Å². The summed E-state index contributed by atoms with van der Waals surface area (Å²) >= 11 is 0. The second-order valence-electron chi connectivity index (χ2n) is 11.9. The van der Waals surface area contributed by atoms with Crippen LogP contribution in [0.15, 0.2) is 176 Å². The maximum atomic E-state index is 2.48. The van der Waals surface area contributed by atoms with Crippen LogP contribution in [0.1, 0.15) is 22.3 Å². The van der Waals surface area contributed by atoms with Crippen LogP contribution in [-0.2, 0) is 18.3 Å². The van der Waals surface area contributed by atoms with Gasteiger partial charge in [0.25, 0.3) is 0 Å². The van der Waals surface area contributed by atoms with Gasteiger partial charge >= 0.3 is 0 Å². The van der Waals surface area contributed by atoms with Gasteiger partial charge in [-0.15, -0.1) is 0 Å². The van der Waals surface area contributed by atoms with Crippen LogP contribution < -0.4 is 4.90 Å². The van der Waals surface area contributed by atoms with Gasteiger partial charge in [0, 0.05) is 22.2 Å². The lowest BCUT2D eigenvalue weighted by atomic mass is 9.69. The number of rotatable bonds is 7. The van der Waals surface area contributed by atoms with Crippen molar-refractivity contribution in [3.8, 4) is 11.1 Å². The quantitative estimate of drug-likeness (QED) is 0.186. The highest BCUT2D eigenvalue weighted by Gasteiger charge is 2.43. The van der Waals surface area contributed by atoms with Crippen LogP contribution in [0.4, 0.5) is 17.1 Å². The molecular weight excluding hydrogens is 530 g/mol. The number of hydrogen-bond donors (Lipinski definition) is 0. The zero-order valence-electron chi connectivity index (χ0n) is 24.6. The molecule has 1 heteroatoms. The first-order chi connectivity index (χ1) is 21.8. The van der Waals surface area contributed by atoms with Gasteiger partial charge in [-0.05, 0) is 81.9 Å². The van der Waals surface area contributed by atoms with Crippen molar-refractivity contribution < 1.29 is 0 Å². The lowest BCUT2D eigenvalue weighted by Gasteiger charge is -2.34. The summed E-state index contributed by atoms with van der Waals surface area (Å²) in [4.78, 5) is 2.43. The van der Waals surface area contributed by atoms with Gasteiger partial charge in [-0.1, -0.05) is 146 Å². The Balaban J connectivity index is 1.38. The molecule has 1 aliphatic rings. The van der Waals surface area contributed by atoms with Gasteiger partial charge in [-0.2, -0.15) is 0 Å². The molecule has 0 N–H and O–H groups in total. The van der Waals surface area contributed by atoms with E-state index < -0.39 is 0 Å². The Morgan fingerprint density at radius 1 is 0.409 bits per heavy atom. The van der Waals surface area contributed by atoms with Gasteiger partial charge in [0.1, 0.15) is 0 Å². The van der Waals surface area contributed by atoms with E-state index >= 15 is 0 Å². The molecule has 0 unspecified atom stereocenters. The first kappa shape index (κ1) is 26.2. The van der Waals surface area contributed by atoms with E-state index in [2.05, 4.69) is 181 Å². The number of hydrogen-bond acceptors (Lipinski definition) is 1. The van der Waals surface area contributed by atoms with Crippen molar-refractivity contribution in [3.63, 3.8) is 0 Å². The summed E-state index contributed by atoms with van der Waals surface area (Å²) in [6.07, 6.45) is 1.85. The largest absolute Gasteiger partial charge is 0.310 e. The first-order valence-corrected chi connectivity index (χ1v) is 15.5. The third-order valence-electron chi connectivity index (χ3n) is 9.23. The van der Waals surface area contributed by atoms with Crippen molar-refractivity contribution in [2.45, 2.75) is 18.3 Å². The Labute approximate surface area is 259 Å². The van der Waals surface area contributed by atoms with Crippen LogP contribution in [0.2, 0.25) is 0 Å². The van der Waals surface area contributed by atoms with E-state index in [1.54, 1.807) is 0 Å². The minimum Gasteiger partial charge on any atom is -0.310 e. The van der Waals surface area contributed by atoms with E-state index in [0.717, 1.165) is 18.5 Å². The monoisotopic (exact) mass is 563 g/mol. The molecule has 0 bridgehead atoms. The van der Waals surface area contributed by atoms with Crippen LogP contribution in [0.3, 0.4) is 0 Å². The molecule has 0 heterocycles. The normalized spacial score (nSPS) is 12.9. The number of para-hydroxylation sites is 1. The molecule has 0 radical (unpaired) electrons. The zero-order valence-corrected chi connectivity index (χ0v) is 24.6. The highest BCUT2D eigenvalue weighted by atomic mass is 15.1. The Kier molecular flexibility index (Phi) is 6.57. The summed E-state index contributed by atoms with van der Waals surface area (Å²) < 4.78 is 0. The fourth-order valence-corrected chi connectivity index (χ4v) is 7.32. The van der Waals surface area contributed by atoms with Crippen LogP contribution >= 0.6 is 0 Å². The molecule has 44 heavy (non-hydrogen) atoms. The van der Waals surface area contributed by atoms with E-state index in [0.29, 0.717) is 0 Å². The SMILES string of the molecule is c1ccc(CC2(Cc3ccccc3)c3ccccc3-c3ccc(N(c4ccccc4)c4cccc5ccccc45)cc32)cc1. The Bertz CT molecular complexity index is 2020. The lowest BCUT2D eigenvalue weighted by molar-refractivity contribution is 0.520. The molecular formula is C43H33N.